The maximum absolute atomic E-state index is 13.4. The van der Waals surface area contributed by atoms with Gasteiger partial charge in [-0.3, -0.25) is 4.79 Å². The van der Waals surface area contributed by atoms with Crippen LogP contribution < -0.4 is 5.32 Å². The monoisotopic (exact) mass is 455 g/mol. The number of nitrogens with zero attached hydrogens (tertiary/aromatic N) is 2. The summed E-state index contributed by atoms with van der Waals surface area (Å²) in [5.41, 5.74) is -1.35. The maximum Gasteiger partial charge on any atom is 0.410 e. The van der Waals surface area contributed by atoms with Gasteiger partial charge in [0.25, 0.3) is 0 Å². The van der Waals surface area contributed by atoms with Crippen LogP contribution >= 0.6 is 0 Å². The molecule has 9 nitrogen and oxygen atoms in total. The van der Waals surface area contributed by atoms with Gasteiger partial charge in [0.15, 0.2) is 0 Å². The van der Waals surface area contributed by atoms with Gasteiger partial charge in [-0.05, 0) is 53.9 Å². The second-order valence-corrected chi connectivity index (χ2v) is 11.0. The van der Waals surface area contributed by atoms with E-state index < -0.39 is 47.3 Å². The van der Waals surface area contributed by atoms with Gasteiger partial charge in [-0.15, -0.1) is 0 Å². The number of aldehydes is 1. The van der Waals surface area contributed by atoms with Crippen molar-refractivity contribution in [3.05, 3.63) is 0 Å². The Labute approximate surface area is 192 Å². The molecule has 3 atom stereocenters. The largest absolute Gasteiger partial charge is 0.444 e. The lowest BCUT2D eigenvalue weighted by atomic mass is 9.85. The van der Waals surface area contributed by atoms with Crippen LogP contribution in [0, 0.1) is 5.41 Å². The highest BCUT2D eigenvalue weighted by Crippen LogP contribution is 2.27. The number of carbonyl (C=O) groups is 4. The number of nitrogens with one attached hydrogen (secondary N) is 1. The van der Waals surface area contributed by atoms with Gasteiger partial charge in [0.1, 0.15) is 24.0 Å². The average Bonchev–Trinajstić information content (AvgIpc) is 2.98. The fraction of sp³-hybridized carbons (Fsp3) is 0.826. The number of alkyl carbamates (subject to hydrolysis) is 1. The van der Waals surface area contributed by atoms with E-state index in [1.807, 2.05) is 48.5 Å². The quantitative estimate of drug-likeness (QED) is 0.616. The number of amides is 3. The summed E-state index contributed by atoms with van der Waals surface area (Å²) >= 11 is 0. The Morgan fingerprint density at radius 2 is 1.56 bits per heavy atom. The summed E-state index contributed by atoms with van der Waals surface area (Å²) in [6.07, 6.45) is -0.891. The molecule has 0 saturated carbocycles. The normalized spacial score (nSPS) is 20.2. The molecule has 9 heteroatoms. The van der Waals surface area contributed by atoms with E-state index in [4.69, 9.17) is 9.47 Å². The van der Waals surface area contributed by atoms with E-state index >= 15 is 0 Å². The fourth-order valence-corrected chi connectivity index (χ4v) is 3.75. The molecule has 0 bridgehead atoms. The molecule has 1 heterocycles. The molecular weight excluding hydrogens is 414 g/mol. The third-order valence-corrected chi connectivity index (χ3v) is 5.11. The summed E-state index contributed by atoms with van der Waals surface area (Å²) in [7, 11) is 0. The summed E-state index contributed by atoms with van der Waals surface area (Å²) in [6.45, 7) is 18.3. The average molecular weight is 456 g/mol. The van der Waals surface area contributed by atoms with Gasteiger partial charge in [-0.2, -0.15) is 0 Å². The first-order valence-electron chi connectivity index (χ1n) is 11.2. The number of ether oxygens (including phenoxy) is 2. The Bertz CT molecular complexity index is 685. The SMILES string of the molecule is CC(C)N(C(=O)O[C@@H]1C[C@@H](C=O)N(C(=O)[C@@H](NC(=O)OC(C)(C)C)C(C)(C)C)C1)C(C)C. The molecule has 184 valence electrons. The second-order valence-electron chi connectivity index (χ2n) is 11.0. The Morgan fingerprint density at radius 3 is 1.97 bits per heavy atom. The van der Waals surface area contributed by atoms with E-state index in [1.54, 1.807) is 25.7 Å². The molecule has 0 aromatic heterocycles. The van der Waals surface area contributed by atoms with E-state index in [1.165, 1.54) is 4.90 Å². The summed E-state index contributed by atoms with van der Waals surface area (Å²) in [5, 5.41) is 2.65. The Hall–Kier alpha value is -2.32. The molecule has 1 N–H and O–H groups in total. The molecule has 0 aromatic carbocycles. The molecule has 32 heavy (non-hydrogen) atoms. The molecule has 0 spiro atoms. The molecule has 0 aromatic rings. The van der Waals surface area contributed by atoms with Gasteiger partial charge in [0.2, 0.25) is 5.91 Å². The number of hydrogen-bond donors (Lipinski definition) is 1. The second kappa shape index (κ2) is 10.5. The zero-order valence-corrected chi connectivity index (χ0v) is 21.2. The lowest BCUT2D eigenvalue weighted by molar-refractivity contribution is -0.139. The van der Waals surface area contributed by atoms with Crippen LogP contribution in [0.5, 0.6) is 0 Å². The minimum absolute atomic E-state index is 0.0493. The number of likely N-dealkylation sites (tertiary alicyclic amines) is 1. The van der Waals surface area contributed by atoms with Crippen LogP contribution in [0.25, 0.3) is 0 Å². The first kappa shape index (κ1) is 27.7. The third-order valence-electron chi connectivity index (χ3n) is 5.11. The topological polar surface area (TPSA) is 105 Å². The highest BCUT2D eigenvalue weighted by atomic mass is 16.6. The smallest absolute Gasteiger partial charge is 0.410 e. The lowest BCUT2D eigenvalue weighted by Crippen LogP contribution is -2.56. The highest BCUT2D eigenvalue weighted by Gasteiger charge is 2.44. The van der Waals surface area contributed by atoms with Gasteiger partial charge >= 0.3 is 12.2 Å². The first-order valence-corrected chi connectivity index (χ1v) is 11.2. The molecule has 0 radical (unpaired) electrons. The van der Waals surface area contributed by atoms with Crippen LogP contribution in [0.1, 0.15) is 75.7 Å². The molecular formula is C23H41N3O6. The van der Waals surface area contributed by atoms with Crippen molar-refractivity contribution < 1.29 is 28.7 Å². The zero-order valence-electron chi connectivity index (χ0n) is 21.2. The van der Waals surface area contributed by atoms with Gasteiger partial charge in [0.05, 0.1) is 12.6 Å². The van der Waals surface area contributed by atoms with Crippen molar-refractivity contribution in [1.82, 2.24) is 15.1 Å². The minimum Gasteiger partial charge on any atom is -0.444 e. The Kier molecular flexibility index (Phi) is 9.12. The Morgan fingerprint density at radius 1 is 1.03 bits per heavy atom. The van der Waals surface area contributed by atoms with Crippen LogP contribution in [0.2, 0.25) is 0 Å². The zero-order chi connectivity index (χ0) is 25.0. The summed E-state index contributed by atoms with van der Waals surface area (Å²) in [5.74, 6) is -0.413. The molecule has 0 aliphatic carbocycles. The van der Waals surface area contributed by atoms with E-state index in [0.717, 1.165) is 0 Å². The van der Waals surface area contributed by atoms with Crippen molar-refractivity contribution in [3.63, 3.8) is 0 Å². The summed E-state index contributed by atoms with van der Waals surface area (Å²) < 4.78 is 11.0. The molecule has 1 saturated heterocycles. The van der Waals surface area contributed by atoms with Crippen LogP contribution in [-0.2, 0) is 19.1 Å². The van der Waals surface area contributed by atoms with Crippen LogP contribution in [0.15, 0.2) is 0 Å². The lowest BCUT2D eigenvalue weighted by Gasteiger charge is -2.35. The van der Waals surface area contributed by atoms with E-state index in [0.29, 0.717) is 6.29 Å². The number of hydrogen-bond acceptors (Lipinski definition) is 6. The van der Waals surface area contributed by atoms with Crippen molar-refractivity contribution in [2.24, 2.45) is 5.41 Å². The summed E-state index contributed by atoms with van der Waals surface area (Å²) in [6, 6.07) is -1.76. The van der Waals surface area contributed by atoms with Gasteiger partial charge in [-0.25, -0.2) is 9.59 Å². The van der Waals surface area contributed by atoms with Crippen LogP contribution in [0.3, 0.4) is 0 Å². The maximum atomic E-state index is 13.4. The van der Waals surface area contributed by atoms with Crippen molar-refractivity contribution >= 4 is 24.4 Å². The van der Waals surface area contributed by atoms with Crippen LogP contribution in [0.4, 0.5) is 9.59 Å². The van der Waals surface area contributed by atoms with Crippen molar-refractivity contribution in [1.29, 1.82) is 0 Å². The minimum atomic E-state index is -0.919. The van der Waals surface area contributed by atoms with Crippen molar-refractivity contribution in [2.45, 2.75) is 112 Å². The van der Waals surface area contributed by atoms with Crippen LogP contribution in [-0.4, -0.2) is 76.6 Å². The van der Waals surface area contributed by atoms with E-state index in [-0.39, 0.29) is 25.0 Å². The predicted molar refractivity (Wildman–Crippen MR) is 121 cm³/mol. The molecule has 0 unspecified atom stereocenters. The third kappa shape index (κ3) is 7.67. The van der Waals surface area contributed by atoms with Crippen molar-refractivity contribution in [3.8, 4) is 0 Å². The molecule has 1 aliphatic heterocycles. The van der Waals surface area contributed by atoms with Crippen molar-refractivity contribution in [2.75, 3.05) is 6.54 Å². The molecule has 3 amide bonds. The van der Waals surface area contributed by atoms with E-state index in [9.17, 15) is 19.2 Å². The van der Waals surface area contributed by atoms with Gasteiger partial charge in [-0.1, -0.05) is 20.8 Å². The highest BCUT2D eigenvalue weighted by molar-refractivity contribution is 5.89. The molecule has 1 rings (SSSR count). The molecule has 1 aliphatic rings. The van der Waals surface area contributed by atoms with Gasteiger partial charge in [0, 0.05) is 18.5 Å². The first-order chi connectivity index (χ1) is 14.5. The number of carbonyl (C=O) groups excluding carboxylic acids is 4. The van der Waals surface area contributed by atoms with Gasteiger partial charge < -0.3 is 29.4 Å². The predicted octanol–water partition coefficient (Wildman–Crippen LogP) is 3.35. The fourth-order valence-electron chi connectivity index (χ4n) is 3.75. The van der Waals surface area contributed by atoms with E-state index in [2.05, 4.69) is 5.32 Å². The summed E-state index contributed by atoms with van der Waals surface area (Å²) in [4.78, 5) is 53.1. The Balaban J connectivity index is 3.00. The molecule has 1 fully saturated rings. The number of rotatable bonds is 6. The standard InChI is InChI=1S/C23H41N3O6/c1-14(2)26(15(3)4)21(30)31-17-11-16(13-27)25(12-17)19(28)18(22(5,6)7)24-20(29)32-23(8,9)10/h13-18H,11-12H2,1-10H3,(H,24,29)/t16-,17+,18+/m0/s1.